The molecule has 1 unspecified atom stereocenters. The monoisotopic (exact) mass is 748 g/mol. The van der Waals surface area contributed by atoms with Gasteiger partial charge in [0.25, 0.3) is 12.3 Å². The van der Waals surface area contributed by atoms with E-state index in [9.17, 15) is 27.6 Å². The van der Waals surface area contributed by atoms with E-state index in [1.54, 1.807) is 18.0 Å². The number of anilines is 2. The molecule has 3 aliphatic heterocycles. The molecule has 0 spiro atoms. The first-order valence-corrected chi connectivity index (χ1v) is 18.3. The van der Waals surface area contributed by atoms with E-state index < -0.39 is 35.8 Å². The predicted molar refractivity (Wildman–Crippen MR) is 201 cm³/mol. The van der Waals surface area contributed by atoms with Crippen LogP contribution in [0.2, 0.25) is 0 Å². The van der Waals surface area contributed by atoms with Gasteiger partial charge in [-0.3, -0.25) is 29.6 Å². The van der Waals surface area contributed by atoms with Crippen LogP contribution in [0.3, 0.4) is 0 Å². The number of imide groups is 1. The fourth-order valence-electron chi connectivity index (χ4n) is 7.80. The number of aryl methyl sites for hydroxylation is 1. The van der Waals surface area contributed by atoms with Gasteiger partial charge >= 0.3 is 0 Å². The van der Waals surface area contributed by atoms with Crippen molar-refractivity contribution in [1.29, 1.82) is 0 Å². The highest BCUT2D eigenvalue weighted by Crippen LogP contribution is 2.34. The summed E-state index contributed by atoms with van der Waals surface area (Å²) in [6.07, 6.45) is -0.619. The summed E-state index contributed by atoms with van der Waals surface area (Å²) < 4.78 is 41.8. The number of alkyl halides is 2. The van der Waals surface area contributed by atoms with Crippen LogP contribution in [0.4, 0.5) is 24.7 Å². The lowest BCUT2D eigenvalue weighted by atomic mass is 10.0. The van der Waals surface area contributed by atoms with Crippen LogP contribution in [0, 0.1) is 12.7 Å². The van der Waals surface area contributed by atoms with Crippen molar-refractivity contribution < 1.29 is 27.6 Å². The van der Waals surface area contributed by atoms with E-state index in [0.29, 0.717) is 30.0 Å². The third kappa shape index (κ3) is 7.09. The quantitative estimate of drug-likeness (QED) is 0.167. The second-order valence-electron chi connectivity index (χ2n) is 14.4. The van der Waals surface area contributed by atoms with Crippen molar-refractivity contribution in [2.45, 2.75) is 58.3 Å². The van der Waals surface area contributed by atoms with Crippen LogP contribution in [0.1, 0.15) is 70.5 Å². The Bertz CT molecular complexity index is 2330. The van der Waals surface area contributed by atoms with Crippen molar-refractivity contribution in [1.82, 2.24) is 30.3 Å². The minimum absolute atomic E-state index is 0.110. The Balaban J connectivity index is 0.934. The molecule has 3 aliphatic rings. The number of hydrogen-bond donors (Lipinski definition) is 2. The molecular weight excluding hydrogens is 709 g/mol. The Morgan fingerprint density at radius 1 is 0.927 bits per heavy atom. The number of benzene rings is 3. The van der Waals surface area contributed by atoms with Gasteiger partial charge in [0.2, 0.25) is 11.8 Å². The van der Waals surface area contributed by atoms with E-state index in [-0.39, 0.29) is 23.8 Å². The summed E-state index contributed by atoms with van der Waals surface area (Å²) in [6.45, 7) is 7.90. The molecule has 11 nitrogen and oxygen atoms in total. The molecule has 0 radical (unpaired) electrons. The lowest BCUT2D eigenvalue weighted by molar-refractivity contribution is -0.136. The van der Waals surface area contributed by atoms with E-state index in [4.69, 9.17) is 4.98 Å². The van der Waals surface area contributed by atoms with E-state index in [1.165, 1.54) is 12.1 Å². The maximum Gasteiger partial charge on any atom is 0.266 e. The average molecular weight is 749 g/mol. The van der Waals surface area contributed by atoms with Gasteiger partial charge in [-0.1, -0.05) is 36.4 Å². The first-order valence-electron chi connectivity index (χ1n) is 18.3. The van der Waals surface area contributed by atoms with E-state index in [1.807, 2.05) is 43.3 Å². The first kappa shape index (κ1) is 36.1. The molecule has 55 heavy (non-hydrogen) atoms. The van der Waals surface area contributed by atoms with Gasteiger partial charge in [-0.15, -0.1) is 5.10 Å². The van der Waals surface area contributed by atoms with Crippen molar-refractivity contribution >= 4 is 40.0 Å². The molecule has 0 saturated carbocycles. The molecule has 0 aliphatic carbocycles. The molecule has 3 aromatic carbocycles. The first-order chi connectivity index (χ1) is 26.5. The molecule has 2 fully saturated rings. The highest BCUT2D eigenvalue weighted by molar-refractivity contribution is 6.05. The van der Waals surface area contributed by atoms with Crippen LogP contribution < -0.4 is 15.5 Å². The average Bonchev–Trinajstić information content (AvgIpc) is 3.51. The molecule has 5 aromatic rings. The Labute approximate surface area is 315 Å². The molecule has 2 N–H and O–H groups in total. The summed E-state index contributed by atoms with van der Waals surface area (Å²) in [6, 6.07) is 18.7. The van der Waals surface area contributed by atoms with Crippen LogP contribution in [-0.2, 0) is 22.7 Å². The normalized spacial score (nSPS) is 18.2. The van der Waals surface area contributed by atoms with Crippen molar-refractivity contribution in [3.05, 3.63) is 112 Å². The number of hydrogen-bond acceptors (Lipinski definition) is 9. The van der Waals surface area contributed by atoms with Gasteiger partial charge in [-0.25, -0.2) is 13.2 Å². The summed E-state index contributed by atoms with van der Waals surface area (Å²) in [5.41, 5.74) is 5.44. The van der Waals surface area contributed by atoms with Crippen molar-refractivity contribution in [2.24, 2.45) is 0 Å². The van der Waals surface area contributed by atoms with Crippen molar-refractivity contribution in [2.75, 3.05) is 36.4 Å². The van der Waals surface area contributed by atoms with Crippen LogP contribution in [0.15, 0.2) is 72.9 Å². The van der Waals surface area contributed by atoms with E-state index in [2.05, 4.69) is 42.8 Å². The number of pyridine rings is 1. The van der Waals surface area contributed by atoms with Gasteiger partial charge in [-0.05, 0) is 61.7 Å². The number of amides is 3. The van der Waals surface area contributed by atoms with E-state index in [0.717, 1.165) is 77.6 Å². The molecule has 8 rings (SSSR count). The molecule has 0 bridgehead atoms. The minimum atomic E-state index is -2.92. The largest absolute Gasteiger partial charge is 0.369 e. The highest BCUT2D eigenvalue weighted by Gasteiger charge is 2.39. The van der Waals surface area contributed by atoms with Gasteiger partial charge in [0.05, 0.1) is 23.0 Å². The fraction of sp³-hybridized carbons (Fsp3) is 0.317. The Morgan fingerprint density at radius 3 is 2.49 bits per heavy atom. The summed E-state index contributed by atoms with van der Waals surface area (Å²) >= 11 is 0. The van der Waals surface area contributed by atoms with Gasteiger partial charge < -0.3 is 15.1 Å². The number of aromatic nitrogens is 3. The fourth-order valence-corrected chi connectivity index (χ4v) is 7.80. The summed E-state index contributed by atoms with van der Waals surface area (Å²) in [5.74, 6) is -1.44. The SMILES string of the molecule is Cc1nnc(N[C@H](C)c2cccc(C(F)F)c2F)c2cc(-c3cccc(CN4CCN(c5ccc6c(c5)CN(C5CCC(=O)NC5=O)C6=O)CC4)c3)ncc12. The van der Waals surface area contributed by atoms with Crippen LogP contribution in [0.25, 0.3) is 22.0 Å². The number of halogens is 3. The van der Waals surface area contributed by atoms with Gasteiger partial charge in [0, 0.05) is 85.0 Å². The zero-order valence-electron chi connectivity index (χ0n) is 30.4. The second-order valence-corrected chi connectivity index (χ2v) is 14.4. The van der Waals surface area contributed by atoms with E-state index >= 15 is 0 Å². The number of nitrogens with one attached hydrogen (secondary N) is 2. The Kier molecular flexibility index (Phi) is 9.68. The number of piperidine rings is 1. The second kappa shape index (κ2) is 14.7. The summed E-state index contributed by atoms with van der Waals surface area (Å²) in [4.78, 5) is 48.3. The van der Waals surface area contributed by atoms with Crippen LogP contribution in [0.5, 0.6) is 0 Å². The molecule has 282 valence electrons. The smallest absolute Gasteiger partial charge is 0.266 e. The molecule has 5 heterocycles. The number of piperazine rings is 1. The van der Waals surface area contributed by atoms with Gasteiger partial charge in [-0.2, -0.15) is 5.10 Å². The number of fused-ring (bicyclic) bond motifs is 2. The highest BCUT2D eigenvalue weighted by atomic mass is 19.3. The zero-order valence-corrected chi connectivity index (χ0v) is 30.4. The van der Waals surface area contributed by atoms with Crippen molar-refractivity contribution in [3.63, 3.8) is 0 Å². The minimum Gasteiger partial charge on any atom is -0.369 e. The zero-order chi connectivity index (χ0) is 38.4. The Hall–Kier alpha value is -5.89. The Morgan fingerprint density at radius 2 is 1.71 bits per heavy atom. The standard InChI is InChI=1S/C41H39F3N8O3/c1-23(29-7-4-8-31(37(29)42)38(43)44)46-39-32-19-34(45-20-33(32)24(2)48-49-39)26-6-3-5-25(17-26)21-50-13-15-51(16-14-50)28-9-10-30-27(18-28)22-52(41(30)55)35-11-12-36(53)47-40(35)54/h3-10,17-20,23,35,38H,11-16,21-22H2,1-2H3,(H,46,49)(H,47,53,54)/t23-,35?/m1/s1. The molecular formula is C41H39F3N8O3. The number of rotatable bonds is 9. The summed E-state index contributed by atoms with van der Waals surface area (Å²) in [7, 11) is 0. The molecule has 2 saturated heterocycles. The summed E-state index contributed by atoms with van der Waals surface area (Å²) in [5, 5.41) is 15.7. The molecule has 2 atom stereocenters. The maximum atomic E-state index is 15.0. The van der Waals surface area contributed by atoms with Gasteiger partial charge in [0.1, 0.15) is 11.9 Å². The molecule has 3 amide bonds. The number of carbonyl (C=O) groups excluding carboxylic acids is 3. The lowest BCUT2D eigenvalue weighted by Gasteiger charge is -2.36. The third-order valence-corrected chi connectivity index (χ3v) is 10.8. The topological polar surface area (TPSA) is 124 Å². The number of nitrogens with zero attached hydrogens (tertiary/aromatic N) is 6. The van der Waals surface area contributed by atoms with Gasteiger partial charge in [0.15, 0.2) is 5.82 Å². The predicted octanol–water partition coefficient (Wildman–Crippen LogP) is 6.33. The third-order valence-electron chi connectivity index (χ3n) is 10.8. The lowest BCUT2D eigenvalue weighted by Crippen LogP contribution is -2.52. The molecule has 14 heteroatoms. The number of carbonyl (C=O) groups is 3. The molecule has 2 aromatic heterocycles. The van der Waals surface area contributed by atoms with Crippen LogP contribution >= 0.6 is 0 Å². The van der Waals surface area contributed by atoms with Crippen LogP contribution in [-0.4, -0.2) is 74.9 Å². The maximum absolute atomic E-state index is 15.0. The van der Waals surface area contributed by atoms with Crippen molar-refractivity contribution in [3.8, 4) is 11.3 Å².